The monoisotopic (exact) mass is 283 g/mol. The molecule has 0 atom stereocenters. The highest BCUT2D eigenvalue weighted by Crippen LogP contribution is 2.17. The summed E-state index contributed by atoms with van der Waals surface area (Å²) >= 11 is 0. The van der Waals surface area contributed by atoms with Crippen molar-refractivity contribution < 1.29 is 0 Å². The van der Waals surface area contributed by atoms with Crippen molar-refractivity contribution in [3.8, 4) is 0 Å². The molecule has 3 heteroatoms. The molecule has 1 heterocycles. The Kier molecular flexibility index (Phi) is 5.61. The van der Waals surface area contributed by atoms with Crippen LogP contribution < -0.4 is 10.2 Å². The minimum atomic E-state index is 0.868. The maximum absolute atomic E-state index is 4.45. The zero-order valence-corrected chi connectivity index (χ0v) is 13.3. The maximum Gasteiger partial charge on any atom is 0.125 e. The van der Waals surface area contributed by atoms with Gasteiger partial charge in [-0.1, -0.05) is 32.0 Å². The Morgan fingerprint density at radius 3 is 2.29 bits per heavy atom. The fourth-order valence-corrected chi connectivity index (χ4v) is 2.23. The van der Waals surface area contributed by atoms with Crippen molar-refractivity contribution in [3.63, 3.8) is 0 Å². The van der Waals surface area contributed by atoms with Gasteiger partial charge in [-0.05, 0) is 42.2 Å². The standard InChI is InChI=1S/C18H25N3/c1-4-12-19-18-11-8-16(13-20-18)14-21(3)17-9-6-15(5-2)7-10-17/h6-11,13H,4-5,12,14H2,1-3H3,(H,19,20). The predicted molar refractivity (Wildman–Crippen MR) is 90.9 cm³/mol. The van der Waals surface area contributed by atoms with Crippen LogP contribution in [0.2, 0.25) is 0 Å². The molecular formula is C18H25N3. The molecule has 0 saturated heterocycles. The summed E-state index contributed by atoms with van der Waals surface area (Å²) in [6, 6.07) is 13.0. The number of pyridine rings is 1. The molecule has 0 unspecified atom stereocenters. The summed E-state index contributed by atoms with van der Waals surface area (Å²) in [5, 5.41) is 3.29. The smallest absolute Gasteiger partial charge is 0.125 e. The van der Waals surface area contributed by atoms with E-state index in [4.69, 9.17) is 0 Å². The lowest BCUT2D eigenvalue weighted by Crippen LogP contribution is -2.16. The van der Waals surface area contributed by atoms with Crippen molar-refractivity contribution in [2.24, 2.45) is 0 Å². The molecule has 2 rings (SSSR count). The van der Waals surface area contributed by atoms with Gasteiger partial charge in [0.05, 0.1) is 0 Å². The number of aromatic nitrogens is 1. The van der Waals surface area contributed by atoms with Gasteiger partial charge in [0.2, 0.25) is 0 Å². The number of anilines is 2. The average molecular weight is 283 g/mol. The Morgan fingerprint density at radius 1 is 1.00 bits per heavy atom. The number of rotatable bonds is 7. The summed E-state index contributed by atoms with van der Waals surface area (Å²) in [7, 11) is 2.12. The number of hydrogen-bond acceptors (Lipinski definition) is 3. The third kappa shape index (κ3) is 4.48. The fourth-order valence-electron chi connectivity index (χ4n) is 2.23. The molecule has 1 aromatic heterocycles. The molecule has 112 valence electrons. The van der Waals surface area contributed by atoms with Crippen LogP contribution in [0, 0.1) is 0 Å². The second kappa shape index (κ2) is 7.67. The van der Waals surface area contributed by atoms with Crippen LogP contribution >= 0.6 is 0 Å². The quantitative estimate of drug-likeness (QED) is 0.829. The predicted octanol–water partition coefficient (Wildman–Crippen LogP) is 4.10. The fraction of sp³-hybridized carbons (Fsp3) is 0.389. The van der Waals surface area contributed by atoms with Gasteiger partial charge in [-0.15, -0.1) is 0 Å². The van der Waals surface area contributed by atoms with Gasteiger partial charge in [0.15, 0.2) is 0 Å². The first-order valence-corrected chi connectivity index (χ1v) is 7.71. The Hall–Kier alpha value is -2.03. The molecule has 0 radical (unpaired) electrons. The third-order valence-electron chi connectivity index (χ3n) is 3.59. The minimum absolute atomic E-state index is 0.868. The number of nitrogens with one attached hydrogen (secondary N) is 1. The van der Waals surface area contributed by atoms with E-state index >= 15 is 0 Å². The van der Waals surface area contributed by atoms with Gasteiger partial charge in [0.25, 0.3) is 0 Å². The van der Waals surface area contributed by atoms with Crippen molar-refractivity contribution in [1.82, 2.24) is 4.98 Å². The van der Waals surface area contributed by atoms with Crippen molar-refractivity contribution in [2.45, 2.75) is 33.2 Å². The van der Waals surface area contributed by atoms with Gasteiger partial charge in [-0.25, -0.2) is 4.98 Å². The van der Waals surface area contributed by atoms with Gasteiger partial charge in [-0.2, -0.15) is 0 Å². The number of aryl methyl sites for hydroxylation is 1. The van der Waals surface area contributed by atoms with E-state index in [0.717, 1.165) is 31.7 Å². The average Bonchev–Trinajstić information content (AvgIpc) is 2.54. The summed E-state index contributed by atoms with van der Waals surface area (Å²) in [6.45, 7) is 6.17. The van der Waals surface area contributed by atoms with Crippen LogP contribution in [0.5, 0.6) is 0 Å². The molecule has 21 heavy (non-hydrogen) atoms. The van der Waals surface area contributed by atoms with Crippen LogP contribution in [0.15, 0.2) is 42.6 Å². The van der Waals surface area contributed by atoms with E-state index in [0.29, 0.717) is 0 Å². The molecule has 3 nitrogen and oxygen atoms in total. The van der Waals surface area contributed by atoms with E-state index in [2.05, 4.69) is 72.5 Å². The Labute approximate surface area is 128 Å². The van der Waals surface area contributed by atoms with Crippen LogP contribution in [0.1, 0.15) is 31.4 Å². The van der Waals surface area contributed by atoms with Crippen molar-refractivity contribution >= 4 is 11.5 Å². The number of hydrogen-bond donors (Lipinski definition) is 1. The van der Waals surface area contributed by atoms with Gasteiger partial charge in [0.1, 0.15) is 5.82 Å². The molecule has 0 aliphatic rings. The highest BCUT2D eigenvalue weighted by atomic mass is 15.1. The van der Waals surface area contributed by atoms with Crippen LogP contribution in [-0.4, -0.2) is 18.6 Å². The summed E-state index contributed by atoms with van der Waals surface area (Å²) in [6.07, 6.45) is 4.15. The molecule has 0 aliphatic heterocycles. The molecule has 0 spiro atoms. The van der Waals surface area contributed by atoms with E-state index in [1.165, 1.54) is 16.8 Å². The minimum Gasteiger partial charge on any atom is -0.370 e. The summed E-state index contributed by atoms with van der Waals surface area (Å²) in [5.41, 5.74) is 3.83. The maximum atomic E-state index is 4.45. The van der Waals surface area contributed by atoms with Gasteiger partial charge >= 0.3 is 0 Å². The Balaban J connectivity index is 1.96. The molecular weight excluding hydrogens is 258 g/mol. The van der Waals surface area contributed by atoms with E-state index < -0.39 is 0 Å². The van der Waals surface area contributed by atoms with E-state index in [1.54, 1.807) is 0 Å². The van der Waals surface area contributed by atoms with Crippen LogP contribution in [0.4, 0.5) is 11.5 Å². The molecule has 0 bridgehead atoms. The van der Waals surface area contributed by atoms with E-state index in [9.17, 15) is 0 Å². The van der Waals surface area contributed by atoms with Crippen LogP contribution in [0.25, 0.3) is 0 Å². The lowest BCUT2D eigenvalue weighted by atomic mass is 10.1. The molecule has 0 amide bonds. The van der Waals surface area contributed by atoms with Crippen molar-refractivity contribution in [1.29, 1.82) is 0 Å². The third-order valence-corrected chi connectivity index (χ3v) is 3.59. The van der Waals surface area contributed by atoms with E-state index in [-0.39, 0.29) is 0 Å². The summed E-state index contributed by atoms with van der Waals surface area (Å²) < 4.78 is 0. The zero-order valence-electron chi connectivity index (χ0n) is 13.3. The lowest BCUT2D eigenvalue weighted by Gasteiger charge is -2.19. The second-order valence-corrected chi connectivity index (χ2v) is 5.35. The first kappa shape index (κ1) is 15.4. The lowest BCUT2D eigenvalue weighted by molar-refractivity contribution is 0.911. The van der Waals surface area contributed by atoms with Gasteiger partial charge in [0, 0.05) is 32.0 Å². The molecule has 2 aromatic rings. The topological polar surface area (TPSA) is 28.2 Å². The normalized spacial score (nSPS) is 10.4. The highest BCUT2D eigenvalue weighted by Gasteiger charge is 2.03. The molecule has 0 aliphatic carbocycles. The molecule has 1 aromatic carbocycles. The largest absolute Gasteiger partial charge is 0.370 e. The summed E-state index contributed by atoms with van der Waals surface area (Å²) in [4.78, 5) is 6.70. The van der Waals surface area contributed by atoms with Crippen molar-refractivity contribution in [2.75, 3.05) is 23.8 Å². The first-order chi connectivity index (χ1) is 10.2. The molecule has 0 saturated carbocycles. The van der Waals surface area contributed by atoms with Crippen LogP contribution in [-0.2, 0) is 13.0 Å². The molecule has 1 N–H and O–H groups in total. The highest BCUT2D eigenvalue weighted by molar-refractivity contribution is 5.47. The van der Waals surface area contributed by atoms with Gasteiger partial charge < -0.3 is 10.2 Å². The van der Waals surface area contributed by atoms with Crippen LogP contribution in [0.3, 0.4) is 0 Å². The van der Waals surface area contributed by atoms with Crippen molar-refractivity contribution in [3.05, 3.63) is 53.7 Å². The SMILES string of the molecule is CCCNc1ccc(CN(C)c2ccc(CC)cc2)cn1. The zero-order chi connectivity index (χ0) is 15.1. The number of nitrogens with zero attached hydrogens (tertiary/aromatic N) is 2. The second-order valence-electron chi connectivity index (χ2n) is 5.35. The first-order valence-electron chi connectivity index (χ1n) is 7.71. The molecule has 0 fully saturated rings. The summed E-state index contributed by atoms with van der Waals surface area (Å²) in [5.74, 6) is 0.954. The Bertz CT molecular complexity index is 531. The Morgan fingerprint density at radius 2 is 1.71 bits per heavy atom. The van der Waals surface area contributed by atoms with E-state index in [1.807, 2.05) is 6.20 Å². The van der Waals surface area contributed by atoms with Gasteiger partial charge in [-0.3, -0.25) is 0 Å². The number of benzene rings is 1.